The Morgan fingerprint density at radius 1 is 1.29 bits per heavy atom. The van der Waals surface area contributed by atoms with Gasteiger partial charge in [-0.1, -0.05) is 12.1 Å². The molecule has 1 heterocycles. The number of ether oxygens (including phenoxy) is 1. The predicted molar refractivity (Wildman–Crippen MR) is 82.7 cm³/mol. The van der Waals surface area contributed by atoms with Crippen molar-refractivity contribution in [3.05, 3.63) is 35.6 Å². The Morgan fingerprint density at radius 3 is 2.42 bits per heavy atom. The number of aliphatic carboxylic acids is 1. The maximum Gasteiger partial charge on any atom is 0.410 e. The van der Waals surface area contributed by atoms with Crippen LogP contribution in [0.1, 0.15) is 32.4 Å². The van der Waals surface area contributed by atoms with Gasteiger partial charge in [-0.15, -0.1) is 0 Å². The summed E-state index contributed by atoms with van der Waals surface area (Å²) in [6.07, 6.45) is -0.405. The van der Waals surface area contributed by atoms with E-state index in [2.05, 4.69) is 0 Å². The molecule has 1 aromatic carbocycles. The lowest BCUT2D eigenvalue weighted by molar-refractivity contribution is -0.928. The number of carboxylic acids is 1. The number of hydrogen-bond acceptors (Lipinski definition) is 4. The molecule has 6 nitrogen and oxygen atoms in total. The molecule has 0 saturated carbocycles. The van der Waals surface area contributed by atoms with Crippen LogP contribution in [0.15, 0.2) is 24.3 Å². The second-order valence-electron chi connectivity index (χ2n) is 6.93. The highest BCUT2D eigenvalue weighted by Gasteiger charge is 2.33. The SMILES string of the molecule is CC(C)(C)OC(=O)N1CC[NH+]([C@@H](C(=O)[O-])c2cccc(F)c2)CC1. The summed E-state index contributed by atoms with van der Waals surface area (Å²) in [5, 5.41) is 11.6. The van der Waals surface area contributed by atoms with Gasteiger partial charge in [-0.05, 0) is 32.9 Å². The number of carbonyl (C=O) groups excluding carboxylic acids is 2. The van der Waals surface area contributed by atoms with Crippen molar-refractivity contribution >= 4 is 12.1 Å². The molecule has 1 aliphatic rings. The van der Waals surface area contributed by atoms with E-state index in [4.69, 9.17) is 4.74 Å². The van der Waals surface area contributed by atoms with Crippen molar-refractivity contribution in [3.63, 3.8) is 0 Å². The number of rotatable bonds is 3. The molecule has 0 radical (unpaired) electrons. The molecule has 1 N–H and O–H groups in total. The number of hydrogen-bond donors (Lipinski definition) is 1. The zero-order valence-electron chi connectivity index (χ0n) is 14.2. The van der Waals surface area contributed by atoms with Crippen LogP contribution < -0.4 is 10.0 Å². The first-order chi connectivity index (χ1) is 11.2. The van der Waals surface area contributed by atoms with Crippen molar-refractivity contribution in [3.8, 4) is 0 Å². The summed E-state index contributed by atoms with van der Waals surface area (Å²) in [5.41, 5.74) is -0.202. The maximum absolute atomic E-state index is 13.4. The van der Waals surface area contributed by atoms with E-state index in [0.717, 1.165) is 4.90 Å². The van der Waals surface area contributed by atoms with E-state index in [-0.39, 0.29) is 0 Å². The average Bonchev–Trinajstić information content (AvgIpc) is 2.46. The van der Waals surface area contributed by atoms with Gasteiger partial charge in [0.1, 0.15) is 17.4 Å². The molecule has 1 fully saturated rings. The van der Waals surface area contributed by atoms with E-state index in [1.165, 1.54) is 18.2 Å². The monoisotopic (exact) mass is 338 g/mol. The van der Waals surface area contributed by atoms with Crippen molar-refractivity contribution in [1.29, 1.82) is 0 Å². The molecule has 2 rings (SSSR count). The van der Waals surface area contributed by atoms with Gasteiger partial charge in [0, 0.05) is 5.56 Å². The van der Waals surface area contributed by atoms with Gasteiger partial charge in [-0.25, -0.2) is 9.18 Å². The van der Waals surface area contributed by atoms with Crippen molar-refractivity contribution in [2.75, 3.05) is 26.2 Å². The first kappa shape index (κ1) is 18.2. The fourth-order valence-electron chi connectivity index (χ4n) is 2.82. The number of carbonyl (C=O) groups is 2. The topological polar surface area (TPSA) is 74.1 Å². The quantitative estimate of drug-likeness (QED) is 0.825. The number of quaternary nitrogens is 1. The smallest absolute Gasteiger partial charge is 0.410 e. The van der Waals surface area contributed by atoms with Crippen LogP contribution in [0.2, 0.25) is 0 Å². The Morgan fingerprint density at radius 2 is 1.92 bits per heavy atom. The summed E-state index contributed by atoms with van der Waals surface area (Å²) in [5.74, 6) is -1.73. The third-order valence-electron chi connectivity index (χ3n) is 3.88. The molecule has 1 amide bonds. The molecule has 0 aromatic heterocycles. The summed E-state index contributed by atoms with van der Waals surface area (Å²) < 4.78 is 18.7. The minimum absolute atomic E-state index is 0.371. The summed E-state index contributed by atoms with van der Waals surface area (Å²) in [6.45, 7) is 6.99. The number of benzene rings is 1. The number of piperazine rings is 1. The molecule has 1 aromatic rings. The first-order valence-corrected chi connectivity index (χ1v) is 7.96. The van der Waals surface area contributed by atoms with E-state index in [1.807, 2.05) is 0 Å². The highest BCUT2D eigenvalue weighted by Crippen LogP contribution is 2.13. The van der Waals surface area contributed by atoms with Crippen molar-refractivity contribution < 1.29 is 28.7 Å². The minimum Gasteiger partial charge on any atom is -0.544 e. The van der Waals surface area contributed by atoms with Gasteiger partial charge < -0.3 is 19.5 Å². The third-order valence-corrected chi connectivity index (χ3v) is 3.88. The number of amides is 1. The maximum atomic E-state index is 13.4. The largest absolute Gasteiger partial charge is 0.544 e. The minimum atomic E-state index is -1.25. The average molecular weight is 338 g/mol. The van der Waals surface area contributed by atoms with E-state index in [0.29, 0.717) is 31.7 Å². The predicted octanol–water partition coefficient (Wildman–Crippen LogP) is -0.248. The van der Waals surface area contributed by atoms with Crippen LogP contribution in [-0.4, -0.2) is 48.7 Å². The lowest BCUT2D eigenvalue weighted by atomic mass is 10.0. The van der Waals surface area contributed by atoms with E-state index >= 15 is 0 Å². The fourth-order valence-corrected chi connectivity index (χ4v) is 2.82. The Bertz CT molecular complexity index is 607. The normalized spacial score (nSPS) is 17.4. The van der Waals surface area contributed by atoms with E-state index in [9.17, 15) is 19.1 Å². The van der Waals surface area contributed by atoms with E-state index < -0.39 is 29.5 Å². The summed E-state index contributed by atoms with van der Waals surface area (Å²) in [4.78, 5) is 25.9. The summed E-state index contributed by atoms with van der Waals surface area (Å²) in [7, 11) is 0. The fraction of sp³-hybridized carbons (Fsp3) is 0.529. The van der Waals surface area contributed by atoms with Crippen LogP contribution in [0.4, 0.5) is 9.18 Å². The molecule has 0 spiro atoms. The molecule has 1 atom stereocenters. The number of carboxylic acid groups (broad SMARTS) is 1. The summed E-state index contributed by atoms with van der Waals surface area (Å²) >= 11 is 0. The van der Waals surface area contributed by atoms with Crippen molar-refractivity contribution in [1.82, 2.24) is 4.90 Å². The molecule has 1 saturated heterocycles. The van der Waals surface area contributed by atoms with Crippen molar-refractivity contribution in [2.24, 2.45) is 0 Å². The Hall–Kier alpha value is -2.15. The van der Waals surface area contributed by atoms with Gasteiger partial charge in [-0.3, -0.25) is 4.90 Å². The molecule has 1 aliphatic heterocycles. The zero-order chi connectivity index (χ0) is 17.9. The second-order valence-corrected chi connectivity index (χ2v) is 6.93. The van der Waals surface area contributed by atoms with Crippen LogP contribution in [0.3, 0.4) is 0 Å². The van der Waals surface area contributed by atoms with Crippen LogP contribution in [-0.2, 0) is 9.53 Å². The molecule has 24 heavy (non-hydrogen) atoms. The molecule has 0 aliphatic carbocycles. The van der Waals surface area contributed by atoms with Crippen LogP contribution in [0, 0.1) is 5.82 Å². The lowest BCUT2D eigenvalue weighted by Crippen LogP contribution is -3.16. The van der Waals surface area contributed by atoms with Gasteiger partial charge in [0.05, 0.1) is 26.2 Å². The van der Waals surface area contributed by atoms with Crippen LogP contribution >= 0.6 is 0 Å². The Kier molecular flexibility index (Phi) is 5.43. The standard InChI is InChI=1S/C17H23FN2O4/c1-17(2,3)24-16(23)20-9-7-19(8-10-20)14(15(21)22)12-5-4-6-13(18)11-12/h4-6,11,14H,7-10H2,1-3H3,(H,21,22)/t14-/m1/s1. The Balaban J connectivity index is 2.04. The van der Waals surface area contributed by atoms with Gasteiger partial charge >= 0.3 is 6.09 Å². The lowest BCUT2D eigenvalue weighted by Gasteiger charge is -2.37. The van der Waals surface area contributed by atoms with Crippen molar-refractivity contribution in [2.45, 2.75) is 32.4 Å². The Labute approximate surface area is 140 Å². The molecule has 0 bridgehead atoms. The number of nitrogens with one attached hydrogen (secondary N) is 1. The third kappa shape index (κ3) is 4.67. The van der Waals surface area contributed by atoms with Gasteiger partial charge in [0.2, 0.25) is 0 Å². The number of halogens is 1. The van der Waals surface area contributed by atoms with Gasteiger partial charge in [0.15, 0.2) is 6.04 Å². The molecule has 0 unspecified atom stereocenters. The molecular formula is C17H23FN2O4. The first-order valence-electron chi connectivity index (χ1n) is 7.96. The highest BCUT2D eigenvalue weighted by atomic mass is 19.1. The molecular weight excluding hydrogens is 315 g/mol. The van der Waals surface area contributed by atoms with Gasteiger partial charge in [0.25, 0.3) is 0 Å². The molecule has 7 heteroatoms. The van der Waals surface area contributed by atoms with Crippen LogP contribution in [0.5, 0.6) is 0 Å². The highest BCUT2D eigenvalue weighted by molar-refractivity contribution is 5.72. The molecule has 132 valence electrons. The van der Waals surface area contributed by atoms with E-state index in [1.54, 1.807) is 31.7 Å². The van der Waals surface area contributed by atoms with Crippen LogP contribution in [0.25, 0.3) is 0 Å². The second kappa shape index (κ2) is 7.17. The number of nitrogens with zero attached hydrogens (tertiary/aromatic N) is 1. The van der Waals surface area contributed by atoms with Gasteiger partial charge in [-0.2, -0.15) is 0 Å². The zero-order valence-corrected chi connectivity index (χ0v) is 14.2. The summed E-state index contributed by atoms with van der Waals surface area (Å²) in [6, 6.07) is 4.59.